The maximum atomic E-state index is 12.4. The van der Waals surface area contributed by atoms with Crippen molar-refractivity contribution in [2.75, 3.05) is 11.4 Å². The molecule has 0 saturated carbocycles. The van der Waals surface area contributed by atoms with E-state index in [-0.39, 0.29) is 11.8 Å². The van der Waals surface area contributed by atoms with E-state index < -0.39 is 0 Å². The normalized spacial score (nSPS) is 13.6. The van der Waals surface area contributed by atoms with Crippen LogP contribution in [0.3, 0.4) is 0 Å². The Morgan fingerprint density at radius 2 is 1.95 bits per heavy atom. The van der Waals surface area contributed by atoms with E-state index in [2.05, 4.69) is 5.32 Å². The number of hydrogen-bond acceptors (Lipinski definition) is 2. The third kappa shape index (κ3) is 2.84. The SMILES string of the molecule is O=C(NCc1ccccc1)N1CCCc2cccc(O)c21. The lowest BCUT2D eigenvalue weighted by atomic mass is 10.0. The van der Waals surface area contributed by atoms with Gasteiger partial charge in [0.15, 0.2) is 0 Å². The standard InChI is InChI=1S/C17H18N2O2/c20-15-10-4-8-14-9-5-11-19(16(14)15)17(21)18-12-13-6-2-1-3-7-13/h1-4,6-8,10,20H,5,9,11-12H2,(H,18,21). The predicted molar refractivity (Wildman–Crippen MR) is 82.5 cm³/mol. The highest BCUT2D eigenvalue weighted by Crippen LogP contribution is 2.35. The van der Waals surface area contributed by atoms with Crippen molar-refractivity contribution in [3.63, 3.8) is 0 Å². The lowest BCUT2D eigenvalue weighted by molar-refractivity contribution is 0.245. The van der Waals surface area contributed by atoms with Gasteiger partial charge in [-0.05, 0) is 30.0 Å². The molecule has 1 aliphatic heterocycles. The summed E-state index contributed by atoms with van der Waals surface area (Å²) in [5.74, 6) is 0.169. The monoisotopic (exact) mass is 282 g/mol. The van der Waals surface area contributed by atoms with E-state index in [0.29, 0.717) is 18.8 Å². The molecule has 2 aromatic carbocycles. The summed E-state index contributed by atoms with van der Waals surface area (Å²) in [6.07, 6.45) is 1.81. The molecule has 2 amide bonds. The van der Waals surface area contributed by atoms with E-state index in [4.69, 9.17) is 0 Å². The molecule has 4 nitrogen and oxygen atoms in total. The number of nitrogens with zero attached hydrogens (tertiary/aromatic N) is 1. The first kappa shape index (κ1) is 13.5. The van der Waals surface area contributed by atoms with Crippen LogP contribution in [-0.4, -0.2) is 17.7 Å². The van der Waals surface area contributed by atoms with Crippen LogP contribution in [0.2, 0.25) is 0 Å². The molecule has 0 fully saturated rings. The number of aromatic hydroxyl groups is 1. The van der Waals surface area contributed by atoms with Crippen molar-refractivity contribution in [1.29, 1.82) is 0 Å². The fourth-order valence-corrected chi connectivity index (χ4v) is 2.70. The number of phenolic OH excluding ortho intramolecular Hbond substituents is 1. The quantitative estimate of drug-likeness (QED) is 0.889. The van der Waals surface area contributed by atoms with Crippen LogP contribution in [0.1, 0.15) is 17.5 Å². The van der Waals surface area contributed by atoms with Crippen molar-refractivity contribution in [1.82, 2.24) is 5.32 Å². The van der Waals surface area contributed by atoms with Crippen molar-refractivity contribution < 1.29 is 9.90 Å². The topological polar surface area (TPSA) is 52.6 Å². The molecule has 4 heteroatoms. The summed E-state index contributed by atoms with van der Waals surface area (Å²) in [6.45, 7) is 1.12. The molecular weight excluding hydrogens is 264 g/mol. The van der Waals surface area contributed by atoms with E-state index in [0.717, 1.165) is 24.0 Å². The molecule has 2 N–H and O–H groups in total. The Kier molecular flexibility index (Phi) is 3.77. The third-order valence-electron chi connectivity index (χ3n) is 3.73. The van der Waals surface area contributed by atoms with Gasteiger partial charge in [0.1, 0.15) is 5.75 Å². The fourth-order valence-electron chi connectivity index (χ4n) is 2.70. The van der Waals surface area contributed by atoms with Gasteiger partial charge < -0.3 is 10.4 Å². The van der Waals surface area contributed by atoms with Gasteiger partial charge in [0.25, 0.3) is 0 Å². The predicted octanol–water partition coefficient (Wildman–Crippen LogP) is 3.05. The number of carbonyl (C=O) groups excluding carboxylic acids is 1. The molecule has 0 saturated heterocycles. The molecule has 0 aliphatic carbocycles. The molecule has 0 atom stereocenters. The Balaban J connectivity index is 1.75. The minimum atomic E-state index is -0.165. The second kappa shape index (κ2) is 5.87. The fraction of sp³-hybridized carbons (Fsp3) is 0.235. The Labute approximate surface area is 124 Å². The van der Waals surface area contributed by atoms with Crippen LogP contribution in [-0.2, 0) is 13.0 Å². The number of amides is 2. The van der Waals surface area contributed by atoms with E-state index in [9.17, 15) is 9.90 Å². The number of fused-ring (bicyclic) bond motifs is 1. The van der Waals surface area contributed by atoms with Gasteiger partial charge in [-0.2, -0.15) is 0 Å². The van der Waals surface area contributed by atoms with Crippen LogP contribution in [0.15, 0.2) is 48.5 Å². The summed E-state index contributed by atoms with van der Waals surface area (Å²) in [6, 6.07) is 15.0. The van der Waals surface area contributed by atoms with Crippen molar-refractivity contribution in [3.05, 3.63) is 59.7 Å². The van der Waals surface area contributed by atoms with Crippen LogP contribution in [0.5, 0.6) is 5.75 Å². The van der Waals surface area contributed by atoms with Gasteiger partial charge >= 0.3 is 6.03 Å². The number of phenols is 1. The van der Waals surface area contributed by atoms with Crippen LogP contribution in [0, 0.1) is 0 Å². The smallest absolute Gasteiger partial charge is 0.322 e. The number of rotatable bonds is 2. The minimum absolute atomic E-state index is 0.165. The summed E-state index contributed by atoms with van der Waals surface area (Å²) in [5, 5.41) is 13.0. The zero-order valence-electron chi connectivity index (χ0n) is 11.7. The molecule has 0 radical (unpaired) electrons. The van der Waals surface area contributed by atoms with Crippen molar-refractivity contribution in [3.8, 4) is 5.75 Å². The van der Waals surface area contributed by atoms with Gasteiger partial charge in [-0.1, -0.05) is 42.5 Å². The molecule has 2 aromatic rings. The Morgan fingerprint density at radius 1 is 1.14 bits per heavy atom. The van der Waals surface area contributed by atoms with E-state index in [1.165, 1.54) is 0 Å². The van der Waals surface area contributed by atoms with Gasteiger partial charge in [0.05, 0.1) is 5.69 Å². The molecule has 108 valence electrons. The Hall–Kier alpha value is -2.49. The maximum absolute atomic E-state index is 12.4. The van der Waals surface area contributed by atoms with Crippen LogP contribution in [0.25, 0.3) is 0 Å². The largest absolute Gasteiger partial charge is 0.506 e. The molecule has 1 heterocycles. The summed E-state index contributed by atoms with van der Waals surface area (Å²) < 4.78 is 0. The summed E-state index contributed by atoms with van der Waals surface area (Å²) in [7, 11) is 0. The number of anilines is 1. The number of benzene rings is 2. The Bertz CT molecular complexity index is 640. The zero-order valence-corrected chi connectivity index (χ0v) is 11.7. The highest BCUT2D eigenvalue weighted by molar-refractivity contribution is 5.95. The summed E-state index contributed by atoms with van der Waals surface area (Å²) in [4.78, 5) is 14.0. The van der Waals surface area contributed by atoms with Crippen LogP contribution < -0.4 is 10.2 Å². The first-order valence-electron chi connectivity index (χ1n) is 7.16. The molecule has 0 unspecified atom stereocenters. The van der Waals surface area contributed by atoms with Crippen LogP contribution >= 0.6 is 0 Å². The molecule has 1 aliphatic rings. The van der Waals surface area contributed by atoms with E-state index >= 15 is 0 Å². The van der Waals surface area contributed by atoms with Gasteiger partial charge in [-0.15, -0.1) is 0 Å². The average molecular weight is 282 g/mol. The number of urea groups is 1. The molecule has 3 rings (SSSR count). The minimum Gasteiger partial charge on any atom is -0.506 e. The molecule has 21 heavy (non-hydrogen) atoms. The second-order valence-corrected chi connectivity index (χ2v) is 5.18. The number of para-hydroxylation sites is 1. The second-order valence-electron chi connectivity index (χ2n) is 5.18. The number of hydrogen-bond donors (Lipinski definition) is 2. The lowest BCUT2D eigenvalue weighted by Crippen LogP contribution is -2.42. The van der Waals surface area contributed by atoms with Crippen LogP contribution in [0.4, 0.5) is 10.5 Å². The van der Waals surface area contributed by atoms with E-state index in [1.807, 2.05) is 42.5 Å². The maximum Gasteiger partial charge on any atom is 0.322 e. The van der Waals surface area contributed by atoms with Gasteiger partial charge in [-0.3, -0.25) is 4.90 Å². The third-order valence-corrected chi connectivity index (χ3v) is 3.73. The van der Waals surface area contributed by atoms with Gasteiger partial charge in [0, 0.05) is 13.1 Å². The summed E-state index contributed by atoms with van der Waals surface area (Å²) >= 11 is 0. The highest BCUT2D eigenvalue weighted by atomic mass is 16.3. The molecule has 0 aromatic heterocycles. The highest BCUT2D eigenvalue weighted by Gasteiger charge is 2.24. The average Bonchev–Trinajstić information content (AvgIpc) is 2.53. The van der Waals surface area contributed by atoms with Crippen molar-refractivity contribution in [2.24, 2.45) is 0 Å². The number of aryl methyl sites for hydroxylation is 1. The van der Waals surface area contributed by atoms with Gasteiger partial charge in [-0.25, -0.2) is 4.79 Å². The Morgan fingerprint density at radius 3 is 2.76 bits per heavy atom. The van der Waals surface area contributed by atoms with E-state index in [1.54, 1.807) is 11.0 Å². The zero-order chi connectivity index (χ0) is 14.7. The van der Waals surface area contributed by atoms with Crippen molar-refractivity contribution >= 4 is 11.7 Å². The van der Waals surface area contributed by atoms with Gasteiger partial charge in [0.2, 0.25) is 0 Å². The molecular formula is C17H18N2O2. The number of carbonyl (C=O) groups is 1. The first-order valence-corrected chi connectivity index (χ1v) is 7.16. The molecule has 0 spiro atoms. The number of nitrogens with one attached hydrogen (secondary N) is 1. The van der Waals surface area contributed by atoms with Crippen molar-refractivity contribution in [2.45, 2.75) is 19.4 Å². The summed E-state index contributed by atoms with van der Waals surface area (Å²) in [5.41, 5.74) is 2.73. The lowest BCUT2D eigenvalue weighted by Gasteiger charge is -2.30. The molecule has 0 bridgehead atoms. The first-order chi connectivity index (χ1) is 10.3.